The second-order valence-electron chi connectivity index (χ2n) is 9.97. The average molecular weight is 372 g/mol. The minimum Gasteiger partial charge on any atom is -0.422 e. The molecule has 2 aliphatic carbocycles. The highest BCUT2D eigenvalue weighted by Gasteiger charge is 2.62. The molecule has 0 aromatic carbocycles. The molecular weight excluding hydrogens is 344 g/mol. The second kappa shape index (κ2) is 5.32. The Morgan fingerprint density at radius 1 is 0.815 bits per heavy atom. The van der Waals surface area contributed by atoms with Crippen LogP contribution in [0.2, 0.25) is 0 Å². The van der Waals surface area contributed by atoms with Gasteiger partial charge in [-0.25, -0.2) is 0 Å². The van der Waals surface area contributed by atoms with Gasteiger partial charge in [0, 0.05) is 26.2 Å². The van der Waals surface area contributed by atoms with Crippen molar-refractivity contribution in [1.29, 1.82) is 0 Å². The Labute approximate surface area is 159 Å². The summed E-state index contributed by atoms with van der Waals surface area (Å²) in [5.41, 5.74) is 0.276. The molecule has 7 rings (SSSR count). The fraction of sp³-hybridized carbons (Fsp3) is 0.900. The lowest BCUT2D eigenvalue weighted by Crippen LogP contribution is -2.35. The summed E-state index contributed by atoms with van der Waals surface area (Å²) in [5, 5.41) is 8.64. The molecule has 1 aromatic heterocycles. The van der Waals surface area contributed by atoms with Gasteiger partial charge in [0.25, 0.3) is 0 Å². The predicted octanol–water partition coefficient (Wildman–Crippen LogP) is 1.29. The van der Waals surface area contributed by atoms with Crippen LogP contribution in [0.3, 0.4) is 0 Å². The summed E-state index contributed by atoms with van der Waals surface area (Å²) in [7, 11) is 0. The fourth-order valence-corrected chi connectivity index (χ4v) is 6.59. The molecule has 146 valence electrons. The van der Waals surface area contributed by atoms with E-state index in [4.69, 9.17) is 13.9 Å². The highest BCUT2D eigenvalue weighted by atomic mass is 16.5. The standard InChI is InChI=1S/C20H28N4O3/c1-3-23(11-19(1)15-5-13(15)9-25-19)7-17-21-22-18(27-17)8-24-4-2-20(12-24)16-6-14(16)10-26-20/h13-16H,1-12H2. The van der Waals surface area contributed by atoms with Crippen LogP contribution in [0.5, 0.6) is 0 Å². The van der Waals surface area contributed by atoms with Crippen molar-refractivity contribution in [2.75, 3.05) is 39.4 Å². The van der Waals surface area contributed by atoms with Gasteiger partial charge in [0.2, 0.25) is 11.8 Å². The first kappa shape index (κ1) is 15.9. The van der Waals surface area contributed by atoms with Crippen LogP contribution < -0.4 is 0 Å². The van der Waals surface area contributed by atoms with Gasteiger partial charge in [-0.3, -0.25) is 9.80 Å². The Bertz CT molecular complexity index is 710. The number of likely N-dealkylation sites (tertiary alicyclic amines) is 2. The highest BCUT2D eigenvalue weighted by Crippen LogP contribution is 2.58. The topological polar surface area (TPSA) is 63.9 Å². The third-order valence-electron chi connectivity index (χ3n) is 8.28. The molecule has 0 bridgehead atoms. The van der Waals surface area contributed by atoms with Crippen molar-refractivity contribution in [3.8, 4) is 0 Å². The maximum absolute atomic E-state index is 6.16. The summed E-state index contributed by atoms with van der Waals surface area (Å²) in [5.74, 6) is 4.82. The minimum absolute atomic E-state index is 0.138. The lowest BCUT2D eigenvalue weighted by atomic mass is 9.97. The van der Waals surface area contributed by atoms with E-state index >= 15 is 0 Å². The van der Waals surface area contributed by atoms with Gasteiger partial charge in [0.1, 0.15) is 0 Å². The van der Waals surface area contributed by atoms with Gasteiger partial charge in [0.15, 0.2) is 0 Å². The number of aromatic nitrogens is 2. The van der Waals surface area contributed by atoms with Crippen LogP contribution in [-0.4, -0.2) is 70.6 Å². The second-order valence-corrected chi connectivity index (χ2v) is 9.97. The van der Waals surface area contributed by atoms with Gasteiger partial charge in [-0.05, 0) is 49.4 Å². The molecule has 6 fully saturated rings. The van der Waals surface area contributed by atoms with Crippen molar-refractivity contribution in [2.24, 2.45) is 23.7 Å². The molecule has 27 heavy (non-hydrogen) atoms. The SMILES string of the molecule is C1OC2(CCN(Cc3nnc(CN4CCC5(C4)OCC4CC45)o3)C2)C2CC12. The van der Waals surface area contributed by atoms with E-state index in [2.05, 4.69) is 20.0 Å². The van der Waals surface area contributed by atoms with Crippen LogP contribution in [0.4, 0.5) is 0 Å². The van der Waals surface area contributed by atoms with Gasteiger partial charge in [-0.1, -0.05) is 0 Å². The summed E-state index contributed by atoms with van der Waals surface area (Å²) in [6, 6.07) is 0. The normalized spacial score (nSPS) is 48.0. The Kier molecular flexibility index (Phi) is 3.12. The van der Waals surface area contributed by atoms with Crippen LogP contribution in [0.15, 0.2) is 4.42 Å². The predicted molar refractivity (Wildman–Crippen MR) is 94.6 cm³/mol. The molecule has 6 aliphatic rings. The van der Waals surface area contributed by atoms with Gasteiger partial charge in [-0.2, -0.15) is 0 Å². The molecule has 2 saturated carbocycles. The number of rotatable bonds is 4. The fourth-order valence-electron chi connectivity index (χ4n) is 6.59. The van der Waals surface area contributed by atoms with E-state index in [0.29, 0.717) is 0 Å². The molecule has 6 unspecified atom stereocenters. The van der Waals surface area contributed by atoms with Crippen LogP contribution in [0.1, 0.15) is 37.5 Å². The van der Waals surface area contributed by atoms with Crippen LogP contribution in [0.25, 0.3) is 0 Å². The van der Waals surface area contributed by atoms with E-state index in [-0.39, 0.29) is 11.2 Å². The Morgan fingerprint density at radius 2 is 1.33 bits per heavy atom. The number of fused-ring (bicyclic) bond motifs is 4. The van der Waals surface area contributed by atoms with Crippen molar-refractivity contribution >= 4 is 0 Å². The molecule has 0 amide bonds. The summed E-state index contributed by atoms with van der Waals surface area (Å²) >= 11 is 0. The zero-order valence-corrected chi connectivity index (χ0v) is 15.8. The minimum atomic E-state index is 0.138. The first-order valence-electron chi connectivity index (χ1n) is 10.8. The molecule has 6 atom stereocenters. The number of hydrogen-bond donors (Lipinski definition) is 0. The first-order chi connectivity index (χ1) is 13.2. The van der Waals surface area contributed by atoms with Gasteiger partial charge in [-0.15, -0.1) is 10.2 Å². The summed E-state index contributed by atoms with van der Waals surface area (Å²) in [4.78, 5) is 4.87. The Hall–Kier alpha value is -1.02. The van der Waals surface area contributed by atoms with Crippen molar-refractivity contribution in [2.45, 2.75) is 50.0 Å². The average Bonchev–Trinajstić information content (AvgIpc) is 3.35. The molecule has 2 spiro atoms. The molecule has 0 radical (unpaired) electrons. The monoisotopic (exact) mass is 372 g/mol. The zero-order valence-electron chi connectivity index (χ0n) is 15.8. The largest absolute Gasteiger partial charge is 0.422 e. The van der Waals surface area contributed by atoms with Crippen molar-refractivity contribution in [3.05, 3.63) is 11.8 Å². The maximum atomic E-state index is 6.16. The summed E-state index contributed by atoms with van der Waals surface area (Å²) < 4.78 is 18.3. The maximum Gasteiger partial charge on any atom is 0.230 e. The molecule has 5 heterocycles. The number of ether oxygens (including phenoxy) is 2. The molecule has 1 aromatic rings. The van der Waals surface area contributed by atoms with E-state index in [1.165, 1.54) is 12.8 Å². The van der Waals surface area contributed by atoms with Gasteiger partial charge < -0.3 is 13.9 Å². The number of nitrogens with zero attached hydrogens (tertiary/aromatic N) is 4. The van der Waals surface area contributed by atoms with Crippen LogP contribution in [0, 0.1) is 23.7 Å². The Morgan fingerprint density at radius 3 is 1.74 bits per heavy atom. The van der Waals surface area contributed by atoms with Crippen LogP contribution in [-0.2, 0) is 22.6 Å². The van der Waals surface area contributed by atoms with E-state index in [1.807, 2.05) is 0 Å². The van der Waals surface area contributed by atoms with Gasteiger partial charge in [0.05, 0.1) is 37.5 Å². The summed E-state index contributed by atoms with van der Waals surface area (Å²) in [6.45, 7) is 7.68. The van der Waals surface area contributed by atoms with E-state index < -0.39 is 0 Å². The first-order valence-corrected chi connectivity index (χ1v) is 10.8. The zero-order chi connectivity index (χ0) is 17.6. The lowest BCUT2D eigenvalue weighted by molar-refractivity contribution is -0.0170. The highest BCUT2D eigenvalue weighted by molar-refractivity contribution is 5.12. The lowest BCUT2D eigenvalue weighted by Gasteiger charge is -2.25. The molecule has 0 N–H and O–H groups in total. The smallest absolute Gasteiger partial charge is 0.230 e. The molecule has 4 aliphatic heterocycles. The van der Waals surface area contributed by atoms with E-state index in [0.717, 1.165) is 101 Å². The van der Waals surface area contributed by atoms with Crippen molar-refractivity contribution in [3.63, 3.8) is 0 Å². The third-order valence-corrected chi connectivity index (χ3v) is 8.28. The third kappa shape index (κ3) is 2.41. The van der Waals surface area contributed by atoms with Crippen LogP contribution >= 0.6 is 0 Å². The van der Waals surface area contributed by atoms with Gasteiger partial charge >= 0.3 is 0 Å². The molecular formula is C20H28N4O3. The Balaban J connectivity index is 0.968. The van der Waals surface area contributed by atoms with E-state index in [9.17, 15) is 0 Å². The van der Waals surface area contributed by atoms with Crippen molar-refractivity contribution < 1.29 is 13.9 Å². The molecule has 4 saturated heterocycles. The van der Waals surface area contributed by atoms with Crippen molar-refractivity contribution in [1.82, 2.24) is 20.0 Å². The molecule has 7 heteroatoms. The summed E-state index contributed by atoms with van der Waals surface area (Å²) in [6.07, 6.45) is 5.07. The molecule has 7 nitrogen and oxygen atoms in total. The number of hydrogen-bond acceptors (Lipinski definition) is 7. The van der Waals surface area contributed by atoms with E-state index in [1.54, 1.807) is 0 Å². The quantitative estimate of drug-likeness (QED) is 0.789.